The average molecular weight is 654 g/mol. The van der Waals surface area contributed by atoms with E-state index in [0.29, 0.717) is 5.70 Å². The van der Waals surface area contributed by atoms with Crippen LogP contribution in [0, 0.1) is 0 Å². The van der Waals surface area contributed by atoms with E-state index < -0.39 is 0 Å². The summed E-state index contributed by atoms with van der Waals surface area (Å²) in [5, 5.41) is 7.15. The summed E-state index contributed by atoms with van der Waals surface area (Å²) in [6, 6.07) is 62.2. The summed E-state index contributed by atoms with van der Waals surface area (Å²) in [5.41, 5.74) is 18.5. The summed E-state index contributed by atoms with van der Waals surface area (Å²) in [6.07, 6.45) is 5.17. The fourth-order valence-corrected chi connectivity index (χ4v) is 7.26. The zero-order valence-corrected chi connectivity index (χ0v) is 28.1. The molecule has 0 fully saturated rings. The topological polar surface area (TPSA) is 39.2 Å². The van der Waals surface area contributed by atoms with Crippen molar-refractivity contribution in [2.75, 3.05) is 0 Å². The highest BCUT2D eigenvalue weighted by atomic mass is 16.3. The number of hydrogen-bond acceptors (Lipinski definition) is 2. The molecule has 0 saturated carbocycles. The molecule has 51 heavy (non-hydrogen) atoms. The van der Waals surface area contributed by atoms with Crippen molar-refractivity contribution in [3.05, 3.63) is 205 Å². The second-order valence-corrected chi connectivity index (χ2v) is 13.1. The number of furan rings is 1. The van der Waals surface area contributed by atoms with E-state index in [-0.39, 0.29) is 0 Å². The lowest BCUT2D eigenvalue weighted by atomic mass is 9.95. The van der Waals surface area contributed by atoms with Crippen LogP contribution in [0.5, 0.6) is 0 Å². The van der Waals surface area contributed by atoms with E-state index in [1.807, 2.05) is 24.3 Å². The van der Waals surface area contributed by atoms with E-state index >= 15 is 0 Å². The molecule has 0 saturated heterocycles. The fourth-order valence-electron chi connectivity index (χ4n) is 7.26. The van der Waals surface area contributed by atoms with Crippen molar-refractivity contribution in [1.29, 1.82) is 0 Å². The number of allylic oxidation sites excluding steroid dienone is 3. The van der Waals surface area contributed by atoms with Gasteiger partial charge in [0.25, 0.3) is 0 Å². The summed E-state index contributed by atoms with van der Waals surface area (Å²) in [7, 11) is 0. The Morgan fingerprint density at radius 2 is 1.10 bits per heavy atom. The molecule has 0 aliphatic rings. The van der Waals surface area contributed by atoms with E-state index in [9.17, 15) is 0 Å². The van der Waals surface area contributed by atoms with Crippen LogP contribution in [0.4, 0.5) is 0 Å². The monoisotopic (exact) mass is 653 g/mol. The predicted octanol–water partition coefficient (Wildman–Crippen LogP) is 12.9. The highest BCUT2D eigenvalue weighted by Crippen LogP contribution is 2.37. The van der Waals surface area contributed by atoms with Crippen LogP contribution in [0.3, 0.4) is 0 Å². The van der Waals surface area contributed by atoms with E-state index in [1.54, 1.807) is 0 Å². The first-order valence-electron chi connectivity index (χ1n) is 17.4. The zero-order chi connectivity index (χ0) is 34.1. The minimum absolute atomic E-state index is 0.699. The standard InChI is InChI=1S/C49H35NO/c50-46(32-41(34-12-5-2-6-13-34)19-18-33-10-3-1-4-11-33)43-16-9-17-48-49(43)45-31-40(28-29-47(45)51-48)36-22-20-35(21-23-36)39-27-26-38-25-24-37-14-7-8-15-42(37)44(38)30-39/h1-17,19-32H,18,50H2/b41-19+,46-32-. The first-order valence-corrected chi connectivity index (χ1v) is 17.4. The van der Waals surface area contributed by atoms with Gasteiger partial charge in [-0.05, 0) is 97.3 Å². The van der Waals surface area contributed by atoms with Crippen molar-refractivity contribution in [2.45, 2.75) is 6.42 Å². The predicted molar refractivity (Wildman–Crippen MR) is 216 cm³/mol. The number of rotatable bonds is 7. The second-order valence-electron chi connectivity index (χ2n) is 13.1. The minimum atomic E-state index is 0.699. The van der Waals surface area contributed by atoms with Crippen LogP contribution in [0.15, 0.2) is 192 Å². The molecule has 2 heteroatoms. The van der Waals surface area contributed by atoms with Crippen molar-refractivity contribution in [2.24, 2.45) is 5.73 Å². The van der Waals surface area contributed by atoms with Gasteiger partial charge in [-0.25, -0.2) is 0 Å². The Morgan fingerprint density at radius 3 is 1.86 bits per heavy atom. The zero-order valence-electron chi connectivity index (χ0n) is 28.1. The summed E-state index contributed by atoms with van der Waals surface area (Å²) in [6.45, 7) is 0. The average Bonchev–Trinajstić information content (AvgIpc) is 3.58. The molecule has 1 heterocycles. The molecule has 1 aromatic heterocycles. The van der Waals surface area contributed by atoms with E-state index in [2.05, 4.69) is 164 Å². The van der Waals surface area contributed by atoms with E-state index in [1.165, 1.54) is 38.2 Å². The molecule has 9 rings (SSSR count). The fraction of sp³-hybridized carbons (Fsp3) is 0.0204. The van der Waals surface area contributed by atoms with Gasteiger partial charge >= 0.3 is 0 Å². The lowest BCUT2D eigenvalue weighted by Gasteiger charge is -2.09. The molecule has 242 valence electrons. The van der Waals surface area contributed by atoms with Crippen LogP contribution < -0.4 is 5.73 Å². The van der Waals surface area contributed by atoms with Gasteiger partial charge in [-0.15, -0.1) is 0 Å². The lowest BCUT2D eigenvalue weighted by molar-refractivity contribution is 0.669. The molecule has 0 amide bonds. The highest BCUT2D eigenvalue weighted by molar-refractivity contribution is 6.12. The highest BCUT2D eigenvalue weighted by Gasteiger charge is 2.15. The Morgan fingerprint density at radius 1 is 0.490 bits per heavy atom. The van der Waals surface area contributed by atoms with Gasteiger partial charge in [0.1, 0.15) is 11.2 Å². The van der Waals surface area contributed by atoms with E-state index in [4.69, 9.17) is 10.2 Å². The maximum atomic E-state index is 6.98. The third kappa shape index (κ3) is 5.88. The molecule has 0 radical (unpaired) electrons. The van der Waals surface area contributed by atoms with Crippen molar-refractivity contribution in [3.63, 3.8) is 0 Å². The van der Waals surface area contributed by atoms with Crippen molar-refractivity contribution < 1.29 is 4.42 Å². The molecule has 0 aliphatic carbocycles. The van der Waals surface area contributed by atoms with Gasteiger partial charge in [0, 0.05) is 22.0 Å². The molecule has 0 bridgehead atoms. The molecule has 0 atom stereocenters. The van der Waals surface area contributed by atoms with Crippen molar-refractivity contribution in [3.8, 4) is 22.3 Å². The quantitative estimate of drug-likeness (QED) is 0.137. The van der Waals surface area contributed by atoms with Crippen LogP contribution in [0.1, 0.15) is 16.7 Å². The number of hydrogen-bond donors (Lipinski definition) is 1. The number of fused-ring (bicyclic) bond motifs is 6. The molecular formula is C49H35NO. The molecule has 2 N–H and O–H groups in total. The van der Waals surface area contributed by atoms with Gasteiger partial charge in [-0.3, -0.25) is 0 Å². The van der Waals surface area contributed by atoms with Crippen LogP contribution in [0.2, 0.25) is 0 Å². The Balaban J connectivity index is 1.08. The third-order valence-corrected chi connectivity index (χ3v) is 9.92. The Bertz CT molecular complexity index is 2750. The Kier molecular flexibility index (Phi) is 7.75. The Labute approximate surface area is 297 Å². The normalized spacial score (nSPS) is 12.3. The maximum absolute atomic E-state index is 6.98. The molecule has 0 aliphatic heterocycles. The largest absolute Gasteiger partial charge is 0.456 e. The molecular weight excluding hydrogens is 619 g/mol. The van der Waals surface area contributed by atoms with Gasteiger partial charge in [0.05, 0.1) is 0 Å². The Hall–Kier alpha value is -6.64. The number of benzene rings is 8. The van der Waals surface area contributed by atoms with Crippen LogP contribution >= 0.6 is 0 Å². The summed E-state index contributed by atoms with van der Waals surface area (Å²) in [5.74, 6) is 0. The van der Waals surface area contributed by atoms with Gasteiger partial charge in [-0.2, -0.15) is 0 Å². The number of nitrogens with two attached hydrogens (primary N) is 1. The van der Waals surface area contributed by atoms with E-state index in [0.717, 1.165) is 56.2 Å². The first kappa shape index (κ1) is 30.4. The van der Waals surface area contributed by atoms with Gasteiger partial charge in [-0.1, -0.05) is 158 Å². The molecule has 8 aromatic carbocycles. The minimum Gasteiger partial charge on any atom is -0.456 e. The maximum Gasteiger partial charge on any atom is 0.136 e. The van der Waals surface area contributed by atoms with Gasteiger partial charge in [0.2, 0.25) is 0 Å². The first-order chi connectivity index (χ1) is 25.2. The van der Waals surface area contributed by atoms with Crippen LogP contribution in [-0.4, -0.2) is 0 Å². The summed E-state index contributed by atoms with van der Waals surface area (Å²) < 4.78 is 6.37. The molecule has 9 aromatic rings. The molecule has 2 nitrogen and oxygen atoms in total. The third-order valence-electron chi connectivity index (χ3n) is 9.92. The summed E-state index contributed by atoms with van der Waals surface area (Å²) in [4.78, 5) is 0. The molecule has 0 spiro atoms. The lowest BCUT2D eigenvalue weighted by Crippen LogP contribution is -1.98. The SMILES string of the molecule is N/C(=C\C(=C/Cc1ccccc1)c1ccccc1)c1cccc2oc3ccc(-c4ccc(-c5ccc6ccc7ccccc7c6c5)cc4)cc3c12. The van der Waals surface area contributed by atoms with Crippen molar-refractivity contribution in [1.82, 2.24) is 0 Å². The van der Waals surface area contributed by atoms with Crippen LogP contribution in [0.25, 0.3) is 77.0 Å². The summed E-state index contributed by atoms with van der Waals surface area (Å²) >= 11 is 0. The van der Waals surface area contributed by atoms with Crippen LogP contribution in [-0.2, 0) is 6.42 Å². The van der Waals surface area contributed by atoms with Crippen molar-refractivity contribution >= 4 is 54.8 Å². The second kappa shape index (κ2) is 13.0. The van der Waals surface area contributed by atoms with Gasteiger partial charge < -0.3 is 10.2 Å². The molecule has 0 unspecified atom stereocenters. The van der Waals surface area contributed by atoms with Gasteiger partial charge in [0.15, 0.2) is 0 Å². The smallest absolute Gasteiger partial charge is 0.136 e.